The highest BCUT2D eigenvalue weighted by molar-refractivity contribution is 7.92. The number of benzene rings is 2. The zero-order valence-electron chi connectivity index (χ0n) is 20.6. The van der Waals surface area contributed by atoms with Gasteiger partial charge >= 0.3 is 0 Å². The molecule has 0 unspecified atom stereocenters. The molecule has 0 spiro atoms. The molecule has 2 aromatic heterocycles. The molecule has 0 saturated heterocycles. The lowest BCUT2D eigenvalue weighted by atomic mass is 10.0. The third-order valence-electron chi connectivity index (χ3n) is 5.66. The van der Waals surface area contributed by atoms with Gasteiger partial charge in [0.2, 0.25) is 15.9 Å². The average Bonchev–Trinajstić information content (AvgIpc) is 3.20. The van der Waals surface area contributed by atoms with Crippen LogP contribution < -0.4 is 10.0 Å². The van der Waals surface area contributed by atoms with Crippen molar-refractivity contribution in [2.45, 2.75) is 6.54 Å². The number of likely N-dealkylation sites (N-methyl/N-ethyl adjacent to an activating group) is 1. The van der Waals surface area contributed by atoms with Gasteiger partial charge in [-0.2, -0.15) is 0 Å². The highest BCUT2D eigenvalue weighted by atomic mass is 32.2. The van der Waals surface area contributed by atoms with Crippen LogP contribution in [-0.4, -0.2) is 61.9 Å². The Kier molecular flexibility index (Phi) is 7.28. The summed E-state index contributed by atoms with van der Waals surface area (Å²) in [5.41, 5.74) is 8.85. The Morgan fingerprint density at radius 3 is 2.51 bits per heavy atom. The number of nitrogens with zero attached hydrogens (tertiary/aromatic N) is 4. The lowest BCUT2D eigenvalue weighted by molar-refractivity contribution is -0.127. The molecule has 4 aromatic rings. The number of carbonyl (C=O) groups excluding carboxylic acids is 1. The quantitative estimate of drug-likeness (QED) is 0.339. The number of nitrogens with two attached hydrogens (primary N) is 1. The van der Waals surface area contributed by atoms with Crippen LogP contribution in [0.15, 0.2) is 76.3 Å². The van der Waals surface area contributed by atoms with Gasteiger partial charge in [0.15, 0.2) is 0 Å². The molecule has 37 heavy (non-hydrogen) atoms. The van der Waals surface area contributed by atoms with Crippen molar-refractivity contribution in [1.82, 2.24) is 9.88 Å². The van der Waals surface area contributed by atoms with Crippen molar-refractivity contribution < 1.29 is 22.7 Å². The maximum Gasteiger partial charge on any atom is 0.292 e. The number of aromatic nitrogens is 1. The molecule has 0 aliphatic carbocycles. The summed E-state index contributed by atoms with van der Waals surface area (Å²) in [7, 11) is -0.656. The van der Waals surface area contributed by atoms with Crippen LogP contribution in [0.25, 0.3) is 11.0 Å². The number of rotatable bonds is 8. The summed E-state index contributed by atoms with van der Waals surface area (Å²) in [5, 5.41) is 11.4. The lowest BCUT2D eigenvalue weighted by Crippen LogP contribution is -2.39. The molecule has 0 aliphatic rings. The molecule has 0 radical (unpaired) electrons. The van der Waals surface area contributed by atoms with E-state index in [0.29, 0.717) is 39.2 Å². The molecule has 4 rings (SSSR count). The van der Waals surface area contributed by atoms with Gasteiger partial charge in [-0.3, -0.25) is 14.1 Å². The summed E-state index contributed by atoms with van der Waals surface area (Å²) >= 11 is 0. The SMILES string of the molecule is CN(C)C(=O)CN(c1cccc(N=C(c2ccc(CN)nc2)c2c(O)oc3ccccc23)c1)S(C)(=O)=O. The fraction of sp³-hybridized carbons (Fsp3) is 0.192. The molecule has 0 bridgehead atoms. The number of sulfonamides is 1. The lowest BCUT2D eigenvalue weighted by Gasteiger charge is -2.23. The third kappa shape index (κ3) is 5.63. The van der Waals surface area contributed by atoms with E-state index >= 15 is 0 Å². The van der Waals surface area contributed by atoms with Crippen LogP contribution in [0, 0.1) is 0 Å². The molecular formula is C26H27N5O5S. The number of anilines is 1. The van der Waals surface area contributed by atoms with Crippen molar-refractivity contribution in [3.05, 3.63) is 83.7 Å². The number of aliphatic imine (C=N–C) groups is 1. The normalized spacial score (nSPS) is 12.1. The summed E-state index contributed by atoms with van der Waals surface area (Å²) in [6.07, 6.45) is 2.64. The maximum atomic E-state index is 12.5. The number of carbonyl (C=O) groups is 1. The van der Waals surface area contributed by atoms with Crippen molar-refractivity contribution in [1.29, 1.82) is 0 Å². The van der Waals surface area contributed by atoms with E-state index in [2.05, 4.69) is 4.98 Å². The second-order valence-corrected chi connectivity index (χ2v) is 10.5. The third-order valence-corrected chi connectivity index (χ3v) is 6.80. The Morgan fingerprint density at radius 1 is 1.11 bits per heavy atom. The van der Waals surface area contributed by atoms with Crippen LogP contribution in [-0.2, 0) is 21.4 Å². The molecule has 0 atom stereocenters. The van der Waals surface area contributed by atoms with Crippen molar-refractivity contribution in [2.24, 2.45) is 10.7 Å². The molecule has 192 valence electrons. The smallest absolute Gasteiger partial charge is 0.292 e. The number of amides is 1. The number of furan rings is 1. The number of hydrogen-bond acceptors (Lipinski definition) is 8. The first-order valence-corrected chi connectivity index (χ1v) is 13.2. The predicted octanol–water partition coefficient (Wildman–Crippen LogP) is 3.02. The maximum absolute atomic E-state index is 12.5. The standard InChI is InChI=1S/C26H27N5O5S/c1-30(2)23(32)16-31(37(3,34)35)20-8-6-7-18(13-20)29-25(17-11-12-19(14-27)28-15-17)24-21-9-4-5-10-22(21)36-26(24)33/h4-13,15,33H,14,16,27H2,1-3H3. The minimum Gasteiger partial charge on any atom is -0.480 e. The van der Waals surface area contributed by atoms with Crippen LogP contribution in [0.5, 0.6) is 5.95 Å². The Balaban J connectivity index is 1.88. The molecule has 0 saturated carbocycles. The first-order valence-electron chi connectivity index (χ1n) is 11.3. The minimum atomic E-state index is -3.77. The monoisotopic (exact) mass is 521 g/mol. The summed E-state index contributed by atoms with van der Waals surface area (Å²) in [6.45, 7) is -0.0921. The summed E-state index contributed by atoms with van der Waals surface area (Å²) in [4.78, 5) is 22.8. The van der Waals surface area contributed by atoms with Crippen molar-refractivity contribution in [3.63, 3.8) is 0 Å². The van der Waals surface area contributed by atoms with E-state index in [1.807, 2.05) is 6.07 Å². The van der Waals surface area contributed by atoms with Gasteiger partial charge in [0.1, 0.15) is 12.1 Å². The Bertz CT molecular complexity index is 1580. The molecule has 1 amide bonds. The van der Waals surface area contributed by atoms with Crippen LogP contribution in [0.4, 0.5) is 11.4 Å². The van der Waals surface area contributed by atoms with Crippen LogP contribution in [0.3, 0.4) is 0 Å². The largest absolute Gasteiger partial charge is 0.480 e. The van der Waals surface area contributed by atoms with Gasteiger partial charge in [-0.25, -0.2) is 13.4 Å². The fourth-order valence-corrected chi connectivity index (χ4v) is 4.56. The van der Waals surface area contributed by atoms with E-state index in [1.54, 1.807) is 74.9 Å². The number of hydrogen-bond donors (Lipinski definition) is 2. The Labute approximate surface area is 214 Å². The first kappa shape index (κ1) is 25.9. The highest BCUT2D eigenvalue weighted by Crippen LogP contribution is 2.34. The zero-order chi connectivity index (χ0) is 26.7. The summed E-state index contributed by atoms with van der Waals surface area (Å²) in [5.74, 6) is -0.686. The second kappa shape index (κ2) is 10.4. The van der Waals surface area contributed by atoms with Gasteiger partial charge in [0.25, 0.3) is 5.95 Å². The molecule has 0 fully saturated rings. The molecule has 2 aromatic carbocycles. The number of fused-ring (bicyclic) bond motifs is 1. The van der Waals surface area contributed by atoms with E-state index in [4.69, 9.17) is 15.1 Å². The molecule has 10 nitrogen and oxygen atoms in total. The summed E-state index contributed by atoms with van der Waals surface area (Å²) in [6, 6.07) is 17.2. The minimum absolute atomic E-state index is 0.266. The van der Waals surface area contributed by atoms with Gasteiger partial charge in [0.05, 0.1) is 34.6 Å². The van der Waals surface area contributed by atoms with Gasteiger partial charge < -0.3 is 20.2 Å². The first-order chi connectivity index (χ1) is 17.6. The second-order valence-electron chi connectivity index (χ2n) is 8.56. The van der Waals surface area contributed by atoms with Crippen LogP contribution >= 0.6 is 0 Å². The zero-order valence-corrected chi connectivity index (χ0v) is 21.4. The number of aromatic hydroxyl groups is 1. The Hall–Kier alpha value is -4.22. The average molecular weight is 522 g/mol. The van der Waals surface area contributed by atoms with Crippen LogP contribution in [0.1, 0.15) is 16.8 Å². The molecule has 11 heteroatoms. The van der Waals surface area contributed by atoms with E-state index in [-0.39, 0.29) is 30.6 Å². The van der Waals surface area contributed by atoms with E-state index in [9.17, 15) is 18.3 Å². The highest BCUT2D eigenvalue weighted by Gasteiger charge is 2.23. The van der Waals surface area contributed by atoms with Crippen LogP contribution in [0.2, 0.25) is 0 Å². The fourth-order valence-electron chi connectivity index (χ4n) is 3.72. The number of pyridine rings is 1. The topological polar surface area (TPSA) is 142 Å². The van der Waals surface area contributed by atoms with Crippen molar-refractivity contribution in [3.8, 4) is 5.95 Å². The Morgan fingerprint density at radius 2 is 1.86 bits per heavy atom. The molecule has 3 N–H and O–H groups in total. The summed E-state index contributed by atoms with van der Waals surface area (Å²) < 4.78 is 31.7. The van der Waals surface area contributed by atoms with E-state index in [0.717, 1.165) is 10.6 Å². The van der Waals surface area contributed by atoms with Gasteiger partial charge in [-0.05, 0) is 36.4 Å². The molecular weight excluding hydrogens is 494 g/mol. The van der Waals surface area contributed by atoms with Gasteiger partial charge in [-0.1, -0.05) is 24.3 Å². The molecule has 0 aliphatic heterocycles. The van der Waals surface area contributed by atoms with Crippen molar-refractivity contribution >= 4 is 44.0 Å². The van der Waals surface area contributed by atoms with Crippen molar-refractivity contribution in [2.75, 3.05) is 31.2 Å². The van der Waals surface area contributed by atoms with E-state index in [1.165, 1.54) is 4.90 Å². The van der Waals surface area contributed by atoms with E-state index < -0.39 is 10.0 Å². The predicted molar refractivity (Wildman–Crippen MR) is 143 cm³/mol. The van der Waals surface area contributed by atoms with Gasteiger partial charge in [-0.15, -0.1) is 0 Å². The van der Waals surface area contributed by atoms with Gasteiger partial charge in [0, 0.05) is 37.8 Å². The molecule has 2 heterocycles. The number of para-hydroxylation sites is 1.